The van der Waals surface area contributed by atoms with Gasteiger partial charge in [0.25, 0.3) is 5.91 Å². The summed E-state index contributed by atoms with van der Waals surface area (Å²) in [5.41, 5.74) is 12.2. The number of hydrogen-bond donors (Lipinski definition) is 3. The van der Waals surface area contributed by atoms with Gasteiger partial charge in [0, 0.05) is 11.1 Å². The molecule has 0 unspecified atom stereocenters. The highest BCUT2D eigenvalue weighted by atomic mass is 16.2. The van der Waals surface area contributed by atoms with Crippen molar-refractivity contribution in [1.29, 1.82) is 0 Å². The molecule has 5 heteroatoms. The lowest BCUT2D eigenvalue weighted by molar-refractivity contribution is -0.117. The van der Waals surface area contributed by atoms with E-state index in [1.807, 2.05) is 6.07 Å². The van der Waals surface area contributed by atoms with Crippen LogP contribution in [-0.4, -0.2) is 18.4 Å². The van der Waals surface area contributed by atoms with Gasteiger partial charge in [-0.3, -0.25) is 9.59 Å². The van der Waals surface area contributed by atoms with Gasteiger partial charge in [0.1, 0.15) is 0 Å². The largest absolute Gasteiger partial charge is 0.368 e. The maximum Gasteiger partial charge on any atom is 0.251 e. The molecule has 5 N–H and O–H groups in total. The molecule has 1 aromatic carbocycles. The number of benzene rings is 1. The Bertz CT molecular complexity index is 467. The number of nitrogens with one attached hydrogen (secondary N) is 1. The van der Waals surface area contributed by atoms with Gasteiger partial charge in [-0.05, 0) is 30.5 Å². The van der Waals surface area contributed by atoms with E-state index in [1.54, 1.807) is 18.2 Å². The molecule has 5 nitrogen and oxygen atoms in total. The average molecular weight is 233 g/mol. The predicted molar refractivity (Wildman–Crippen MR) is 63.1 cm³/mol. The summed E-state index contributed by atoms with van der Waals surface area (Å²) in [5, 5.41) is 2.44. The van der Waals surface area contributed by atoms with E-state index in [-0.39, 0.29) is 18.0 Å². The summed E-state index contributed by atoms with van der Waals surface area (Å²) < 4.78 is 0. The number of carbonyl (C=O) groups excluding carboxylic acids is 2. The van der Waals surface area contributed by atoms with E-state index in [2.05, 4.69) is 5.32 Å². The number of carbonyl (C=O) groups is 2. The van der Waals surface area contributed by atoms with Gasteiger partial charge in [-0.25, -0.2) is 0 Å². The monoisotopic (exact) mass is 233 g/mol. The van der Waals surface area contributed by atoms with Gasteiger partial charge in [-0.2, -0.15) is 0 Å². The lowest BCUT2D eigenvalue weighted by Gasteiger charge is -2.10. The van der Waals surface area contributed by atoms with Crippen LogP contribution in [-0.2, 0) is 10.3 Å². The van der Waals surface area contributed by atoms with E-state index in [4.69, 9.17) is 11.5 Å². The highest BCUT2D eigenvalue weighted by Gasteiger charge is 2.40. The molecule has 0 radical (unpaired) electrons. The third kappa shape index (κ3) is 2.62. The van der Waals surface area contributed by atoms with Gasteiger partial charge in [0.05, 0.1) is 6.54 Å². The Morgan fingerprint density at radius 1 is 1.35 bits per heavy atom. The summed E-state index contributed by atoms with van der Waals surface area (Å²) in [7, 11) is 0. The summed E-state index contributed by atoms with van der Waals surface area (Å²) in [6, 6.07) is 7.16. The van der Waals surface area contributed by atoms with Crippen molar-refractivity contribution in [3.8, 4) is 0 Å². The molecule has 1 aliphatic rings. The number of hydrogen-bond acceptors (Lipinski definition) is 3. The smallest absolute Gasteiger partial charge is 0.251 e. The van der Waals surface area contributed by atoms with Crippen molar-refractivity contribution in [2.24, 2.45) is 11.5 Å². The first kappa shape index (κ1) is 11.6. The SMILES string of the molecule is NC(=O)CNC(=O)c1cccc(C2(N)CC2)c1. The number of nitrogens with two attached hydrogens (primary N) is 2. The summed E-state index contributed by atoms with van der Waals surface area (Å²) in [6.07, 6.45) is 1.89. The van der Waals surface area contributed by atoms with Crippen LogP contribution in [0.5, 0.6) is 0 Å². The van der Waals surface area contributed by atoms with Crippen LogP contribution in [0.1, 0.15) is 28.8 Å². The third-order valence-electron chi connectivity index (χ3n) is 2.91. The lowest BCUT2D eigenvalue weighted by Crippen LogP contribution is -2.33. The molecule has 0 heterocycles. The van der Waals surface area contributed by atoms with Gasteiger partial charge in [-0.15, -0.1) is 0 Å². The Morgan fingerprint density at radius 2 is 2.06 bits per heavy atom. The maximum atomic E-state index is 11.7. The average Bonchev–Trinajstić information content (AvgIpc) is 3.06. The van der Waals surface area contributed by atoms with E-state index >= 15 is 0 Å². The fraction of sp³-hybridized carbons (Fsp3) is 0.333. The van der Waals surface area contributed by atoms with Crippen LogP contribution in [0, 0.1) is 0 Å². The predicted octanol–water partition coefficient (Wildman–Crippen LogP) is -0.151. The number of amides is 2. The van der Waals surface area contributed by atoms with Crippen molar-refractivity contribution in [3.63, 3.8) is 0 Å². The molecule has 2 amide bonds. The van der Waals surface area contributed by atoms with E-state index in [9.17, 15) is 9.59 Å². The van der Waals surface area contributed by atoms with E-state index in [1.165, 1.54) is 0 Å². The van der Waals surface area contributed by atoms with Crippen molar-refractivity contribution in [3.05, 3.63) is 35.4 Å². The van der Waals surface area contributed by atoms with Gasteiger partial charge in [0.2, 0.25) is 5.91 Å². The molecule has 17 heavy (non-hydrogen) atoms. The highest BCUT2D eigenvalue weighted by Crippen LogP contribution is 2.42. The van der Waals surface area contributed by atoms with Crippen LogP contribution >= 0.6 is 0 Å². The van der Waals surface area contributed by atoms with E-state index in [0.717, 1.165) is 18.4 Å². The van der Waals surface area contributed by atoms with Crippen LogP contribution in [0.4, 0.5) is 0 Å². The maximum absolute atomic E-state index is 11.7. The van der Waals surface area contributed by atoms with Crippen LogP contribution in [0.15, 0.2) is 24.3 Å². The van der Waals surface area contributed by atoms with Crippen molar-refractivity contribution < 1.29 is 9.59 Å². The first-order chi connectivity index (χ1) is 8.01. The zero-order chi connectivity index (χ0) is 12.5. The molecule has 0 aromatic heterocycles. The first-order valence-electron chi connectivity index (χ1n) is 5.47. The van der Waals surface area contributed by atoms with Gasteiger partial charge >= 0.3 is 0 Å². The molecule has 1 aliphatic carbocycles. The Hall–Kier alpha value is -1.88. The Kier molecular flexibility index (Phi) is 2.85. The summed E-state index contributed by atoms with van der Waals surface area (Å²) in [4.78, 5) is 22.2. The van der Waals surface area contributed by atoms with Crippen LogP contribution in [0.25, 0.3) is 0 Å². The molecule has 0 bridgehead atoms. The fourth-order valence-electron chi connectivity index (χ4n) is 1.66. The molecule has 0 spiro atoms. The summed E-state index contributed by atoms with van der Waals surface area (Å²) in [5.74, 6) is -0.873. The fourth-order valence-corrected chi connectivity index (χ4v) is 1.66. The van der Waals surface area contributed by atoms with E-state index in [0.29, 0.717) is 5.56 Å². The normalized spacial score (nSPS) is 16.3. The molecule has 1 fully saturated rings. The van der Waals surface area contributed by atoms with Crippen molar-refractivity contribution in [2.75, 3.05) is 6.54 Å². The van der Waals surface area contributed by atoms with Gasteiger partial charge in [-0.1, -0.05) is 12.1 Å². The van der Waals surface area contributed by atoms with Crippen molar-refractivity contribution in [2.45, 2.75) is 18.4 Å². The Balaban J connectivity index is 2.10. The molecular weight excluding hydrogens is 218 g/mol. The molecular formula is C12H15N3O2. The zero-order valence-electron chi connectivity index (χ0n) is 9.40. The van der Waals surface area contributed by atoms with Crippen LogP contribution in [0.3, 0.4) is 0 Å². The molecule has 1 aromatic rings. The minimum Gasteiger partial charge on any atom is -0.368 e. The second-order valence-electron chi connectivity index (χ2n) is 4.39. The quantitative estimate of drug-likeness (QED) is 0.674. The molecule has 0 atom stereocenters. The topological polar surface area (TPSA) is 98.2 Å². The van der Waals surface area contributed by atoms with Crippen molar-refractivity contribution >= 4 is 11.8 Å². The minimum absolute atomic E-state index is 0.156. The number of primary amides is 1. The van der Waals surface area contributed by atoms with E-state index < -0.39 is 5.91 Å². The van der Waals surface area contributed by atoms with Gasteiger partial charge in [0.15, 0.2) is 0 Å². The standard InChI is InChI=1S/C12H15N3O2/c13-10(16)7-15-11(17)8-2-1-3-9(6-8)12(14)4-5-12/h1-3,6H,4-5,7,14H2,(H2,13,16)(H,15,17). The van der Waals surface area contributed by atoms with Gasteiger partial charge < -0.3 is 16.8 Å². The van der Waals surface area contributed by atoms with Crippen LogP contribution in [0.2, 0.25) is 0 Å². The Morgan fingerprint density at radius 3 is 2.65 bits per heavy atom. The van der Waals surface area contributed by atoms with Crippen LogP contribution < -0.4 is 16.8 Å². The summed E-state index contributed by atoms with van der Waals surface area (Å²) >= 11 is 0. The Labute approximate surface area is 99.2 Å². The molecule has 0 saturated heterocycles. The molecule has 90 valence electrons. The second-order valence-corrected chi connectivity index (χ2v) is 4.39. The molecule has 2 rings (SSSR count). The number of rotatable bonds is 4. The zero-order valence-corrected chi connectivity index (χ0v) is 9.40. The first-order valence-corrected chi connectivity index (χ1v) is 5.47. The van der Waals surface area contributed by atoms with Crippen molar-refractivity contribution in [1.82, 2.24) is 5.32 Å². The third-order valence-corrected chi connectivity index (χ3v) is 2.91. The highest BCUT2D eigenvalue weighted by molar-refractivity contribution is 5.96. The minimum atomic E-state index is -0.563. The molecule has 1 saturated carbocycles. The second kappa shape index (κ2) is 4.18. The summed E-state index contributed by atoms with van der Waals surface area (Å²) in [6.45, 7) is -0.156. The molecule has 0 aliphatic heterocycles. The lowest BCUT2D eigenvalue weighted by atomic mass is 10.0.